The zero-order valence-electron chi connectivity index (χ0n) is 22.2. The number of nitrogens with one attached hydrogen (secondary N) is 1. The summed E-state index contributed by atoms with van der Waals surface area (Å²) in [5, 5.41) is 14.5. The van der Waals surface area contributed by atoms with Crippen LogP contribution in [-0.2, 0) is 24.2 Å². The molecular weight excluding hydrogens is 472 g/mol. The van der Waals surface area contributed by atoms with Crippen molar-refractivity contribution in [3.05, 3.63) is 95.3 Å². The zero-order chi connectivity index (χ0) is 26.1. The standard InChI is InChI=1S/C33H38N2O3/c1-33-15-13-27-26-12-10-25(38-21-23-6-3-2-4-7-23)18-24(26)9-11-28(27)30(33)19-29(31(33)36)32(37)35-17-14-22-8-5-16-34-20-22/h2-8,10,12,16,18,20,27-31,36H,9,11,13-15,17,19,21H2,1H3,(H,35,37)/t27?,28?,29?,30?,31-,33-/m0/s1. The Morgan fingerprint density at radius 2 is 1.95 bits per heavy atom. The van der Waals surface area contributed by atoms with Crippen LogP contribution in [0.4, 0.5) is 0 Å². The Balaban J connectivity index is 1.11. The van der Waals surface area contributed by atoms with Crippen molar-refractivity contribution >= 4 is 5.91 Å². The van der Waals surface area contributed by atoms with Crippen LogP contribution in [-0.4, -0.2) is 28.6 Å². The molecule has 3 aliphatic rings. The van der Waals surface area contributed by atoms with Crippen molar-refractivity contribution in [3.63, 3.8) is 0 Å². The van der Waals surface area contributed by atoms with Gasteiger partial charge < -0.3 is 15.2 Å². The van der Waals surface area contributed by atoms with Crippen LogP contribution in [0, 0.1) is 23.2 Å². The van der Waals surface area contributed by atoms with Gasteiger partial charge in [0.15, 0.2) is 0 Å². The monoisotopic (exact) mass is 510 g/mol. The molecule has 0 saturated heterocycles. The van der Waals surface area contributed by atoms with Crippen molar-refractivity contribution in [3.8, 4) is 5.75 Å². The Morgan fingerprint density at radius 3 is 2.76 bits per heavy atom. The van der Waals surface area contributed by atoms with Gasteiger partial charge in [-0.25, -0.2) is 0 Å². The number of aliphatic hydroxyl groups excluding tert-OH is 1. The van der Waals surface area contributed by atoms with E-state index < -0.39 is 6.10 Å². The predicted octanol–water partition coefficient (Wildman–Crippen LogP) is 5.46. The average molecular weight is 511 g/mol. The number of aromatic nitrogens is 1. The highest BCUT2D eigenvalue weighted by Crippen LogP contribution is 2.62. The van der Waals surface area contributed by atoms with E-state index in [0.29, 0.717) is 30.9 Å². The SMILES string of the molecule is C[C@]12CCC3c4ccc(OCc5ccccc5)cc4CCC3C1CC(C(=O)NCCc1cccnc1)[C@@H]2O. The van der Waals surface area contributed by atoms with E-state index in [4.69, 9.17) is 4.74 Å². The van der Waals surface area contributed by atoms with Crippen LogP contribution < -0.4 is 10.1 Å². The molecule has 0 bridgehead atoms. The fourth-order valence-corrected chi connectivity index (χ4v) is 7.67. The molecule has 4 unspecified atom stereocenters. The number of hydrogen-bond acceptors (Lipinski definition) is 4. The summed E-state index contributed by atoms with van der Waals surface area (Å²) in [6.45, 7) is 3.39. The molecule has 0 aliphatic heterocycles. The zero-order valence-corrected chi connectivity index (χ0v) is 22.2. The number of rotatable bonds is 7. The molecule has 3 aliphatic carbocycles. The number of carbonyl (C=O) groups excluding carboxylic acids is 1. The number of amides is 1. The summed E-state index contributed by atoms with van der Waals surface area (Å²) in [6, 6.07) is 20.9. The lowest BCUT2D eigenvalue weighted by molar-refractivity contribution is -0.129. The van der Waals surface area contributed by atoms with Crippen LogP contribution in [0.2, 0.25) is 0 Å². The number of aryl methyl sites for hydroxylation is 1. The highest BCUT2D eigenvalue weighted by molar-refractivity contribution is 5.80. The van der Waals surface area contributed by atoms with E-state index in [-0.39, 0.29) is 17.2 Å². The summed E-state index contributed by atoms with van der Waals surface area (Å²) in [6.07, 6.45) is 8.73. The molecule has 38 heavy (non-hydrogen) atoms. The molecule has 2 saturated carbocycles. The van der Waals surface area contributed by atoms with Gasteiger partial charge in [0.25, 0.3) is 0 Å². The molecule has 1 heterocycles. The first-order valence-corrected chi connectivity index (χ1v) is 14.2. The minimum atomic E-state index is -0.581. The Morgan fingerprint density at radius 1 is 1.11 bits per heavy atom. The second-order valence-electron chi connectivity index (χ2n) is 11.8. The lowest BCUT2D eigenvalue weighted by Gasteiger charge is -2.50. The summed E-state index contributed by atoms with van der Waals surface area (Å²) in [5.41, 5.74) is 4.95. The summed E-state index contributed by atoms with van der Waals surface area (Å²) < 4.78 is 6.11. The quantitative estimate of drug-likeness (QED) is 0.443. The molecule has 1 amide bonds. The molecule has 5 nitrogen and oxygen atoms in total. The molecule has 3 aromatic rings. The molecule has 6 rings (SSSR count). The molecule has 1 aromatic heterocycles. The number of aliphatic hydroxyl groups is 1. The Hall–Kier alpha value is -3.18. The van der Waals surface area contributed by atoms with E-state index in [9.17, 15) is 9.90 Å². The van der Waals surface area contributed by atoms with E-state index >= 15 is 0 Å². The molecule has 6 atom stereocenters. The van der Waals surface area contributed by atoms with Crippen molar-refractivity contribution in [1.29, 1.82) is 0 Å². The maximum absolute atomic E-state index is 13.2. The lowest BCUT2D eigenvalue weighted by Crippen LogP contribution is -2.45. The van der Waals surface area contributed by atoms with Crippen molar-refractivity contribution in [2.24, 2.45) is 23.2 Å². The van der Waals surface area contributed by atoms with Gasteiger partial charge in [0.2, 0.25) is 5.91 Å². The molecule has 5 heteroatoms. The summed E-state index contributed by atoms with van der Waals surface area (Å²) in [7, 11) is 0. The third-order valence-corrected chi connectivity index (χ3v) is 9.72. The first-order valence-electron chi connectivity index (χ1n) is 14.2. The number of carbonyl (C=O) groups is 1. The fourth-order valence-electron chi connectivity index (χ4n) is 7.67. The van der Waals surface area contributed by atoms with Crippen LogP contribution in [0.25, 0.3) is 0 Å². The third-order valence-electron chi connectivity index (χ3n) is 9.72. The number of fused-ring (bicyclic) bond motifs is 5. The van der Waals surface area contributed by atoms with Gasteiger partial charge in [0.1, 0.15) is 12.4 Å². The van der Waals surface area contributed by atoms with Crippen LogP contribution in [0.1, 0.15) is 60.8 Å². The number of nitrogens with zero attached hydrogens (tertiary/aromatic N) is 1. The van der Waals surface area contributed by atoms with E-state index in [1.807, 2.05) is 36.5 Å². The minimum Gasteiger partial charge on any atom is -0.489 e. The van der Waals surface area contributed by atoms with E-state index in [1.165, 1.54) is 16.7 Å². The number of benzene rings is 2. The lowest BCUT2D eigenvalue weighted by atomic mass is 9.55. The molecule has 0 spiro atoms. The van der Waals surface area contributed by atoms with Crippen molar-refractivity contribution in [2.75, 3.05) is 6.54 Å². The van der Waals surface area contributed by atoms with E-state index in [0.717, 1.165) is 49.8 Å². The Kier molecular flexibility index (Phi) is 6.96. The maximum atomic E-state index is 13.2. The largest absolute Gasteiger partial charge is 0.489 e. The highest BCUT2D eigenvalue weighted by atomic mass is 16.5. The Labute approximate surface area is 225 Å². The fraction of sp³-hybridized carbons (Fsp3) is 0.455. The van der Waals surface area contributed by atoms with Crippen molar-refractivity contribution in [1.82, 2.24) is 10.3 Å². The third kappa shape index (κ3) is 4.73. The van der Waals surface area contributed by atoms with Gasteiger partial charge in [-0.3, -0.25) is 9.78 Å². The van der Waals surface area contributed by atoms with Gasteiger partial charge in [-0.2, -0.15) is 0 Å². The first-order chi connectivity index (χ1) is 18.5. The second kappa shape index (κ2) is 10.5. The van der Waals surface area contributed by atoms with Crippen LogP contribution in [0.5, 0.6) is 5.75 Å². The van der Waals surface area contributed by atoms with Crippen LogP contribution in [0.3, 0.4) is 0 Å². The molecular formula is C33H38N2O3. The topological polar surface area (TPSA) is 71.5 Å². The Bertz CT molecular complexity index is 1260. The molecule has 2 fully saturated rings. The molecule has 2 aromatic carbocycles. The van der Waals surface area contributed by atoms with Crippen molar-refractivity contribution in [2.45, 2.75) is 64.1 Å². The van der Waals surface area contributed by atoms with Gasteiger partial charge in [-0.05, 0) is 102 Å². The average Bonchev–Trinajstić information content (AvgIpc) is 3.23. The normalized spacial score (nSPS) is 29.6. The van der Waals surface area contributed by atoms with Gasteiger partial charge in [0, 0.05) is 18.9 Å². The minimum absolute atomic E-state index is 0.00461. The van der Waals surface area contributed by atoms with Gasteiger partial charge in [-0.15, -0.1) is 0 Å². The van der Waals surface area contributed by atoms with Crippen molar-refractivity contribution < 1.29 is 14.6 Å². The van der Waals surface area contributed by atoms with Crippen LogP contribution in [0.15, 0.2) is 73.1 Å². The first kappa shape index (κ1) is 25.1. The highest BCUT2D eigenvalue weighted by Gasteiger charge is 2.59. The number of pyridine rings is 1. The van der Waals surface area contributed by atoms with Gasteiger partial charge in [0.05, 0.1) is 12.0 Å². The van der Waals surface area contributed by atoms with Gasteiger partial charge in [-0.1, -0.05) is 49.4 Å². The molecule has 198 valence electrons. The summed E-state index contributed by atoms with van der Waals surface area (Å²) >= 11 is 0. The van der Waals surface area contributed by atoms with Gasteiger partial charge >= 0.3 is 0 Å². The van der Waals surface area contributed by atoms with E-state index in [2.05, 4.69) is 47.6 Å². The smallest absolute Gasteiger partial charge is 0.225 e. The maximum Gasteiger partial charge on any atom is 0.225 e. The number of ether oxygens (including phenoxy) is 1. The molecule has 0 radical (unpaired) electrons. The second-order valence-corrected chi connectivity index (χ2v) is 11.8. The molecule has 2 N–H and O–H groups in total. The van der Waals surface area contributed by atoms with Crippen LogP contribution >= 0.6 is 0 Å². The van der Waals surface area contributed by atoms with E-state index in [1.54, 1.807) is 6.20 Å². The summed E-state index contributed by atoms with van der Waals surface area (Å²) in [5.74, 6) is 2.00. The predicted molar refractivity (Wildman–Crippen MR) is 148 cm³/mol. The summed E-state index contributed by atoms with van der Waals surface area (Å²) in [4.78, 5) is 17.3. The number of hydrogen-bond donors (Lipinski definition) is 2.